The molecule has 26 heavy (non-hydrogen) atoms. The first kappa shape index (κ1) is 16.5. The van der Waals surface area contributed by atoms with E-state index in [-0.39, 0.29) is 5.91 Å². The van der Waals surface area contributed by atoms with Gasteiger partial charge in [0.1, 0.15) is 11.4 Å². The third-order valence-electron chi connectivity index (χ3n) is 5.17. The molecule has 1 amide bonds. The van der Waals surface area contributed by atoms with E-state index in [0.29, 0.717) is 5.69 Å². The zero-order valence-electron chi connectivity index (χ0n) is 15.2. The van der Waals surface area contributed by atoms with Crippen molar-refractivity contribution in [2.45, 2.75) is 6.92 Å². The van der Waals surface area contributed by atoms with E-state index in [1.165, 1.54) is 5.69 Å². The number of piperazine rings is 1. The van der Waals surface area contributed by atoms with Crippen molar-refractivity contribution in [3.05, 3.63) is 59.8 Å². The Morgan fingerprint density at radius 2 is 1.77 bits per heavy atom. The molecule has 134 valence electrons. The first-order valence-electron chi connectivity index (χ1n) is 8.93. The van der Waals surface area contributed by atoms with Crippen molar-refractivity contribution in [2.24, 2.45) is 0 Å². The van der Waals surface area contributed by atoms with E-state index in [0.717, 1.165) is 48.4 Å². The number of hydrogen-bond acceptors (Lipinski definition) is 3. The number of nitrogens with zero attached hydrogens (tertiary/aromatic N) is 2. The van der Waals surface area contributed by atoms with Gasteiger partial charge in [0.25, 0.3) is 5.91 Å². The molecule has 1 N–H and O–H groups in total. The number of benzene rings is 2. The molecule has 2 heterocycles. The fourth-order valence-electron chi connectivity index (χ4n) is 3.61. The van der Waals surface area contributed by atoms with Gasteiger partial charge in [-0.1, -0.05) is 18.2 Å². The van der Waals surface area contributed by atoms with Crippen LogP contribution in [0.4, 0.5) is 5.69 Å². The molecule has 1 aliphatic heterocycles. The zero-order valence-corrected chi connectivity index (χ0v) is 15.2. The quantitative estimate of drug-likeness (QED) is 0.788. The summed E-state index contributed by atoms with van der Waals surface area (Å²) in [6.45, 7) is 5.15. The molecule has 1 fully saturated rings. The largest absolute Gasteiger partial charge is 0.497 e. The number of amides is 1. The number of methoxy groups -OCH3 is 1. The Morgan fingerprint density at radius 1 is 1.04 bits per heavy atom. The maximum absolute atomic E-state index is 13.0. The number of fused-ring (bicyclic) bond motifs is 1. The Balaban J connectivity index is 1.52. The zero-order chi connectivity index (χ0) is 18.1. The van der Waals surface area contributed by atoms with Crippen LogP contribution in [0.1, 0.15) is 16.1 Å². The van der Waals surface area contributed by atoms with Crippen molar-refractivity contribution in [2.75, 3.05) is 38.2 Å². The number of carbonyl (C=O) groups is 1. The molecule has 2 aromatic carbocycles. The van der Waals surface area contributed by atoms with Gasteiger partial charge in [-0.25, -0.2) is 0 Å². The minimum atomic E-state index is 0.0744. The number of aryl methyl sites for hydroxylation is 1. The summed E-state index contributed by atoms with van der Waals surface area (Å²) < 4.78 is 5.30. The highest BCUT2D eigenvalue weighted by atomic mass is 16.5. The minimum absolute atomic E-state index is 0.0744. The van der Waals surface area contributed by atoms with E-state index >= 15 is 0 Å². The van der Waals surface area contributed by atoms with Crippen LogP contribution in [0, 0.1) is 6.92 Å². The van der Waals surface area contributed by atoms with E-state index < -0.39 is 0 Å². The second kappa shape index (κ2) is 6.75. The molecule has 0 atom stereocenters. The minimum Gasteiger partial charge on any atom is -0.497 e. The van der Waals surface area contributed by atoms with Crippen LogP contribution in [0.25, 0.3) is 10.9 Å². The van der Waals surface area contributed by atoms with Crippen molar-refractivity contribution in [3.63, 3.8) is 0 Å². The average molecular weight is 349 g/mol. The third kappa shape index (κ3) is 2.90. The van der Waals surface area contributed by atoms with Gasteiger partial charge in [-0.15, -0.1) is 0 Å². The molecule has 5 nitrogen and oxygen atoms in total. The molecule has 1 aromatic heterocycles. The smallest absolute Gasteiger partial charge is 0.270 e. The van der Waals surface area contributed by atoms with Gasteiger partial charge in [0.15, 0.2) is 0 Å². The molecule has 0 aliphatic carbocycles. The molecule has 5 heteroatoms. The highest BCUT2D eigenvalue weighted by Crippen LogP contribution is 2.27. The molecule has 0 saturated carbocycles. The van der Waals surface area contributed by atoms with Gasteiger partial charge < -0.3 is 19.5 Å². The number of carbonyl (C=O) groups excluding carboxylic acids is 1. The Bertz CT molecular complexity index is 925. The molecular weight excluding hydrogens is 326 g/mol. The van der Waals surface area contributed by atoms with Crippen molar-refractivity contribution in [3.8, 4) is 5.75 Å². The Labute approximate surface area is 153 Å². The summed E-state index contributed by atoms with van der Waals surface area (Å²) in [7, 11) is 1.65. The highest BCUT2D eigenvalue weighted by Gasteiger charge is 2.25. The number of H-pyrrole nitrogens is 1. The van der Waals surface area contributed by atoms with Gasteiger partial charge >= 0.3 is 0 Å². The third-order valence-corrected chi connectivity index (χ3v) is 5.17. The van der Waals surface area contributed by atoms with Gasteiger partial charge in [0, 0.05) is 42.8 Å². The Hall–Kier alpha value is -2.95. The lowest BCUT2D eigenvalue weighted by atomic mass is 10.1. The summed E-state index contributed by atoms with van der Waals surface area (Å²) in [5.74, 6) is 0.875. The number of anilines is 1. The Kier molecular flexibility index (Phi) is 4.29. The molecule has 0 spiro atoms. The lowest BCUT2D eigenvalue weighted by Gasteiger charge is -2.36. The standard InChI is InChI=1S/C21H23N3O2/c1-15-18-14-17(26-2)8-9-19(18)22-20(15)21(25)24-12-10-23(11-13-24)16-6-4-3-5-7-16/h3-9,14,22H,10-13H2,1-2H3. The number of ether oxygens (including phenoxy) is 1. The van der Waals surface area contributed by atoms with Gasteiger partial charge in [-0.2, -0.15) is 0 Å². The molecule has 4 rings (SSSR count). The number of aromatic amines is 1. The number of nitrogens with one attached hydrogen (secondary N) is 1. The van der Waals surface area contributed by atoms with E-state index in [1.807, 2.05) is 36.1 Å². The van der Waals surface area contributed by atoms with Crippen LogP contribution in [-0.4, -0.2) is 49.1 Å². The van der Waals surface area contributed by atoms with Crippen LogP contribution in [0.15, 0.2) is 48.5 Å². The summed E-state index contributed by atoms with van der Waals surface area (Å²) in [4.78, 5) is 20.6. The van der Waals surface area contributed by atoms with Gasteiger partial charge in [0.05, 0.1) is 7.11 Å². The summed E-state index contributed by atoms with van der Waals surface area (Å²) in [6, 6.07) is 16.2. The molecule has 0 radical (unpaired) electrons. The predicted molar refractivity (Wildman–Crippen MR) is 104 cm³/mol. The molecular formula is C21H23N3O2. The Morgan fingerprint density at radius 3 is 2.46 bits per heavy atom. The fraction of sp³-hybridized carbons (Fsp3) is 0.286. The lowest BCUT2D eigenvalue weighted by molar-refractivity contribution is 0.0741. The maximum Gasteiger partial charge on any atom is 0.270 e. The van der Waals surface area contributed by atoms with E-state index in [4.69, 9.17) is 4.74 Å². The molecule has 1 saturated heterocycles. The molecule has 3 aromatic rings. The highest BCUT2D eigenvalue weighted by molar-refractivity contribution is 6.01. The van der Waals surface area contributed by atoms with E-state index in [9.17, 15) is 4.79 Å². The summed E-state index contributed by atoms with van der Waals surface area (Å²) >= 11 is 0. The topological polar surface area (TPSA) is 48.6 Å². The van der Waals surface area contributed by atoms with Crippen LogP contribution >= 0.6 is 0 Å². The number of aromatic nitrogens is 1. The van der Waals surface area contributed by atoms with Crippen LogP contribution in [0.2, 0.25) is 0 Å². The monoisotopic (exact) mass is 349 g/mol. The number of rotatable bonds is 3. The van der Waals surface area contributed by atoms with Gasteiger partial charge in [-0.3, -0.25) is 4.79 Å². The molecule has 1 aliphatic rings. The van der Waals surface area contributed by atoms with Crippen LogP contribution < -0.4 is 9.64 Å². The summed E-state index contributed by atoms with van der Waals surface area (Å²) in [5.41, 5.74) is 3.85. The van der Waals surface area contributed by atoms with Crippen LogP contribution in [-0.2, 0) is 0 Å². The molecule has 0 bridgehead atoms. The van der Waals surface area contributed by atoms with Crippen molar-refractivity contribution in [1.82, 2.24) is 9.88 Å². The fourth-order valence-corrected chi connectivity index (χ4v) is 3.61. The second-order valence-corrected chi connectivity index (χ2v) is 6.65. The first-order chi connectivity index (χ1) is 12.7. The molecule has 0 unspecified atom stereocenters. The summed E-state index contributed by atoms with van der Waals surface area (Å²) in [6.07, 6.45) is 0. The number of hydrogen-bond donors (Lipinski definition) is 1. The van der Waals surface area contributed by atoms with E-state index in [1.54, 1.807) is 7.11 Å². The van der Waals surface area contributed by atoms with Crippen molar-refractivity contribution in [1.29, 1.82) is 0 Å². The lowest BCUT2D eigenvalue weighted by Crippen LogP contribution is -2.49. The predicted octanol–water partition coefficient (Wildman–Crippen LogP) is 3.45. The van der Waals surface area contributed by atoms with Crippen molar-refractivity contribution >= 4 is 22.5 Å². The van der Waals surface area contributed by atoms with E-state index in [2.05, 4.69) is 34.1 Å². The maximum atomic E-state index is 13.0. The summed E-state index contributed by atoms with van der Waals surface area (Å²) in [5, 5.41) is 1.04. The normalized spacial score (nSPS) is 14.7. The van der Waals surface area contributed by atoms with Crippen molar-refractivity contribution < 1.29 is 9.53 Å². The van der Waals surface area contributed by atoms with Gasteiger partial charge in [-0.05, 0) is 42.8 Å². The average Bonchev–Trinajstić information content (AvgIpc) is 3.04. The van der Waals surface area contributed by atoms with Gasteiger partial charge in [0.2, 0.25) is 0 Å². The van der Waals surface area contributed by atoms with Crippen LogP contribution in [0.5, 0.6) is 5.75 Å². The second-order valence-electron chi connectivity index (χ2n) is 6.65. The SMILES string of the molecule is COc1ccc2[nH]c(C(=O)N3CCN(c4ccccc4)CC3)c(C)c2c1. The first-order valence-corrected chi connectivity index (χ1v) is 8.93. The number of para-hydroxylation sites is 1. The van der Waals surface area contributed by atoms with Crippen LogP contribution in [0.3, 0.4) is 0 Å².